The van der Waals surface area contributed by atoms with E-state index in [1.807, 2.05) is 19.1 Å². The quantitative estimate of drug-likeness (QED) is 0.740. The number of hydrogen-bond acceptors (Lipinski definition) is 3. The molecule has 0 aliphatic rings. The Hall–Kier alpha value is -1.39. The molecule has 88 valence electrons. The number of benzene rings is 1. The van der Waals surface area contributed by atoms with Gasteiger partial charge in [-0.25, -0.2) is 0 Å². The average Bonchev–Trinajstić information content (AvgIpc) is 2.29. The van der Waals surface area contributed by atoms with E-state index in [1.54, 1.807) is 12.1 Å². The van der Waals surface area contributed by atoms with E-state index in [2.05, 4.69) is 4.90 Å². The van der Waals surface area contributed by atoms with Crippen LogP contribution in [0.25, 0.3) is 0 Å². The number of amides is 1. The Morgan fingerprint density at radius 2 is 2.25 bits per heavy atom. The molecule has 4 heteroatoms. The highest BCUT2D eigenvalue weighted by Crippen LogP contribution is 2.07. The summed E-state index contributed by atoms with van der Waals surface area (Å²) in [6.07, 6.45) is 0. The molecule has 0 spiro atoms. The lowest BCUT2D eigenvalue weighted by atomic mass is 10.1. The molecule has 1 aromatic rings. The van der Waals surface area contributed by atoms with E-state index in [1.165, 1.54) is 0 Å². The summed E-state index contributed by atoms with van der Waals surface area (Å²) < 4.78 is 0. The Bertz CT molecular complexity index is 353. The predicted octanol–water partition coefficient (Wildman–Crippen LogP) is 0.600. The first-order valence-corrected chi connectivity index (χ1v) is 5.39. The van der Waals surface area contributed by atoms with Crippen molar-refractivity contribution in [3.8, 4) is 0 Å². The van der Waals surface area contributed by atoms with Gasteiger partial charge in [0, 0.05) is 18.7 Å². The number of nitrogens with zero attached hydrogens (tertiary/aromatic N) is 1. The van der Waals surface area contributed by atoms with E-state index >= 15 is 0 Å². The van der Waals surface area contributed by atoms with Crippen LogP contribution in [0.4, 0.5) is 0 Å². The topological polar surface area (TPSA) is 66.6 Å². The van der Waals surface area contributed by atoms with Gasteiger partial charge in [0.25, 0.3) is 0 Å². The van der Waals surface area contributed by atoms with Crippen molar-refractivity contribution in [2.75, 3.05) is 19.7 Å². The molecule has 0 unspecified atom stereocenters. The standard InChI is InChI=1S/C12H18N2O2/c1-2-14(6-7-15)9-10-4-3-5-11(8-10)12(13)16/h3-5,8,15H,2,6-7,9H2,1H3,(H2,13,16). The minimum absolute atomic E-state index is 0.142. The fourth-order valence-electron chi connectivity index (χ4n) is 1.57. The van der Waals surface area contributed by atoms with Gasteiger partial charge in [-0.2, -0.15) is 0 Å². The number of carbonyl (C=O) groups is 1. The van der Waals surface area contributed by atoms with Crippen molar-refractivity contribution in [2.24, 2.45) is 5.73 Å². The van der Waals surface area contributed by atoms with Crippen LogP contribution in [0, 0.1) is 0 Å². The van der Waals surface area contributed by atoms with E-state index in [-0.39, 0.29) is 6.61 Å². The molecule has 0 radical (unpaired) electrons. The molecule has 4 nitrogen and oxygen atoms in total. The summed E-state index contributed by atoms with van der Waals surface area (Å²) in [5.74, 6) is -0.410. The molecular formula is C12H18N2O2. The first-order valence-electron chi connectivity index (χ1n) is 5.39. The van der Waals surface area contributed by atoms with Crippen LogP contribution in [0.3, 0.4) is 0 Å². The zero-order valence-electron chi connectivity index (χ0n) is 9.52. The van der Waals surface area contributed by atoms with Crippen LogP contribution in [0.5, 0.6) is 0 Å². The Morgan fingerprint density at radius 1 is 1.50 bits per heavy atom. The Morgan fingerprint density at radius 3 is 2.81 bits per heavy atom. The zero-order chi connectivity index (χ0) is 12.0. The molecule has 3 N–H and O–H groups in total. The van der Waals surface area contributed by atoms with Crippen molar-refractivity contribution >= 4 is 5.91 Å². The van der Waals surface area contributed by atoms with Crippen LogP contribution in [0.1, 0.15) is 22.8 Å². The van der Waals surface area contributed by atoms with Crippen LogP contribution in [0.2, 0.25) is 0 Å². The SMILES string of the molecule is CCN(CCO)Cc1cccc(C(N)=O)c1. The first kappa shape index (κ1) is 12.7. The van der Waals surface area contributed by atoms with Gasteiger partial charge in [0.05, 0.1) is 6.61 Å². The van der Waals surface area contributed by atoms with Gasteiger partial charge in [0.2, 0.25) is 5.91 Å². The second-order valence-electron chi connectivity index (χ2n) is 3.66. The summed E-state index contributed by atoms with van der Waals surface area (Å²) in [5, 5.41) is 8.87. The van der Waals surface area contributed by atoms with Crippen molar-refractivity contribution in [3.63, 3.8) is 0 Å². The normalized spacial score (nSPS) is 10.7. The van der Waals surface area contributed by atoms with Gasteiger partial charge < -0.3 is 10.8 Å². The fourth-order valence-corrected chi connectivity index (χ4v) is 1.57. The van der Waals surface area contributed by atoms with Crippen LogP contribution >= 0.6 is 0 Å². The molecule has 0 atom stereocenters. The maximum Gasteiger partial charge on any atom is 0.248 e. The van der Waals surface area contributed by atoms with Crippen molar-refractivity contribution in [3.05, 3.63) is 35.4 Å². The van der Waals surface area contributed by atoms with Crippen LogP contribution < -0.4 is 5.73 Å². The lowest BCUT2D eigenvalue weighted by Gasteiger charge is -2.19. The summed E-state index contributed by atoms with van der Waals surface area (Å²) in [6, 6.07) is 7.27. The Balaban J connectivity index is 2.72. The highest BCUT2D eigenvalue weighted by Gasteiger charge is 2.05. The van der Waals surface area contributed by atoms with Crippen LogP contribution in [-0.2, 0) is 6.54 Å². The summed E-state index contributed by atoms with van der Waals surface area (Å²) >= 11 is 0. The number of aliphatic hydroxyl groups excluding tert-OH is 1. The molecule has 0 saturated heterocycles. The van der Waals surface area contributed by atoms with E-state index in [0.29, 0.717) is 12.1 Å². The zero-order valence-corrected chi connectivity index (χ0v) is 9.52. The number of likely N-dealkylation sites (N-methyl/N-ethyl adjacent to an activating group) is 1. The number of nitrogens with two attached hydrogens (primary N) is 1. The Kier molecular flexibility index (Phi) is 4.95. The third-order valence-electron chi connectivity index (χ3n) is 2.48. The Labute approximate surface area is 95.7 Å². The lowest BCUT2D eigenvalue weighted by Crippen LogP contribution is -2.26. The van der Waals surface area contributed by atoms with Crippen molar-refractivity contribution in [2.45, 2.75) is 13.5 Å². The molecule has 1 amide bonds. The third-order valence-corrected chi connectivity index (χ3v) is 2.48. The third kappa shape index (κ3) is 3.64. The highest BCUT2D eigenvalue weighted by molar-refractivity contribution is 5.92. The lowest BCUT2D eigenvalue weighted by molar-refractivity contribution is 0.1000. The second kappa shape index (κ2) is 6.25. The molecule has 0 aliphatic heterocycles. The van der Waals surface area contributed by atoms with E-state index in [0.717, 1.165) is 18.7 Å². The fraction of sp³-hybridized carbons (Fsp3) is 0.417. The van der Waals surface area contributed by atoms with E-state index < -0.39 is 5.91 Å². The molecule has 0 aromatic heterocycles. The van der Waals surface area contributed by atoms with E-state index in [9.17, 15) is 4.79 Å². The molecule has 0 aliphatic carbocycles. The molecular weight excluding hydrogens is 204 g/mol. The van der Waals surface area contributed by atoms with Gasteiger partial charge in [0.1, 0.15) is 0 Å². The minimum atomic E-state index is -0.410. The van der Waals surface area contributed by atoms with Crippen molar-refractivity contribution in [1.29, 1.82) is 0 Å². The van der Waals surface area contributed by atoms with E-state index in [4.69, 9.17) is 10.8 Å². The van der Waals surface area contributed by atoms with Crippen molar-refractivity contribution in [1.82, 2.24) is 4.90 Å². The average molecular weight is 222 g/mol. The molecule has 16 heavy (non-hydrogen) atoms. The number of carbonyl (C=O) groups excluding carboxylic acids is 1. The molecule has 1 aromatic carbocycles. The summed E-state index contributed by atoms with van der Waals surface area (Å²) in [5.41, 5.74) is 6.77. The second-order valence-corrected chi connectivity index (χ2v) is 3.66. The molecule has 0 fully saturated rings. The van der Waals surface area contributed by atoms with Crippen LogP contribution in [-0.4, -0.2) is 35.6 Å². The molecule has 0 heterocycles. The van der Waals surface area contributed by atoms with Gasteiger partial charge in [-0.3, -0.25) is 9.69 Å². The molecule has 1 rings (SSSR count). The number of aliphatic hydroxyl groups is 1. The summed E-state index contributed by atoms with van der Waals surface area (Å²) in [6.45, 7) is 4.40. The predicted molar refractivity (Wildman–Crippen MR) is 63.0 cm³/mol. The number of hydrogen-bond donors (Lipinski definition) is 2. The molecule has 0 saturated carbocycles. The monoisotopic (exact) mass is 222 g/mol. The summed E-state index contributed by atoms with van der Waals surface area (Å²) in [7, 11) is 0. The first-order chi connectivity index (χ1) is 7.67. The highest BCUT2D eigenvalue weighted by atomic mass is 16.3. The number of rotatable bonds is 6. The molecule has 0 bridgehead atoms. The minimum Gasteiger partial charge on any atom is -0.395 e. The maximum absolute atomic E-state index is 11.0. The van der Waals surface area contributed by atoms with Gasteiger partial charge in [-0.1, -0.05) is 19.1 Å². The van der Waals surface area contributed by atoms with Gasteiger partial charge in [0.15, 0.2) is 0 Å². The number of primary amides is 1. The van der Waals surface area contributed by atoms with Gasteiger partial charge >= 0.3 is 0 Å². The van der Waals surface area contributed by atoms with Gasteiger partial charge in [-0.05, 0) is 24.2 Å². The largest absolute Gasteiger partial charge is 0.395 e. The smallest absolute Gasteiger partial charge is 0.248 e. The van der Waals surface area contributed by atoms with Gasteiger partial charge in [-0.15, -0.1) is 0 Å². The maximum atomic E-state index is 11.0. The van der Waals surface area contributed by atoms with Crippen molar-refractivity contribution < 1.29 is 9.90 Å². The summed E-state index contributed by atoms with van der Waals surface area (Å²) in [4.78, 5) is 13.1. The van der Waals surface area contributed by atoms with Crippen LogP contribution in [0.15, 0.2) is 24.3 Å².